The van der Waals surface area contributed by atoms with Crippen LogP contribution in [0.1, 0.15) is 11.7 Å². The summed E-state index contributed by atoms with van der Waals surface area (Å²) in [5.41, 5.74) is 7.99. The van der Waals surface area contributed by atoms with Crippen LogP contribution in [0.4, 0.5) is 5.69 Å². The molecule has 0 bridgehead atoms. The SMILES string of the molecule is NC1=NCC(c2ncc(Br)cc2Br)N1c1cccc(Br)c1. The van der Waals surface area contributed by atoms with Gasteiger partial charge >= 0.3 is 0 Å². The zero-order chi connectivity index (χ0) is 15.0. The molecule has 0 amide bonds. The topological polar surface area (TPSA) is 54.5 Å². The first kappa shape index (κ1) is 15.0. The van der Waals surface area contributed by atoms with Gasteiger partial charge in [-0.05, 0) is 56.1 Å². The van der Waals surface area contributed by atoms with Gasteiger partial charge in [0.05, 0.1) is 18.3 Å². The quantitative estimate of drug-likeness (QED) is 0.708. The zero-order valence-electron chi connectivity index (χ0n) is 10.8. The highest BCUT2D eigenvalue weighted by atomic mass is 79.9. The second-order valence-electron chi connectivity index (χ2n) is 4.59. The summed E-state index contributed by atoms with van der Waals surface area (Å²) in [6, 6.07) is 9.96. The summed E-state index contributed by atoms with van der Waals surface area (Å²) >= 11 is 10.5. The Bertz CT molecular complexity index is 717. The van der Waals surface area contributed by atoms with Crippen LogP contribution < -0.4 is 10.6 Å². The Hall–Kier alpha value is -0.920. The van der Waals surface area contributed by atoms with Gasteiger partial charge < -0.3 is 10.6 Å². The lowest BCUT2D eigenvalue weighted by Gasteiger charge is -2.26. The van der Waals surface area contributed by atoms with Crippen molar-refractivity contribution >= 4 is 59.4 Å². The number of guanidine groups is 1. The first-order chi connectivity index (χ1) is 10.1. The standard InChI is InChI=1S/C14H11Br3N4/c15-8-2-1-3-10(4-8)21-12(7-20-14(21)18)13-11(17)5-9(16)6-19-13/h1-6,12H,7H2,(H2,18,20). The zero-order valence-corrected chi connectivity index (χ0v) is 15.6. The molecule has 2 heterocycles. The van der Waals surface area contributed by atoms with Crippen molar-refractivity contribution in [1.29, 1.82) is 0 Å². The third-order valence-corrected chi connectivity index (χ3v) is 4.79. The van der Waals surface area contributed by atoms with Gasteiger partial charge in [-0.2, -0.15) is 0 Å². The first-order valence-corrected chi connectivity index (χ1v) is 8.60. The number of benzene rings is 1. The number of aromatic nitrogens is 1. The Morgan fingerprint density at radius 1 is 1.14 bits per heavy atom. The van der Waals surface area contributed by atoms with Crippen molar-refractivity contribution < 1.29 is 0 Å². The minimum absolute atomic E-state index is 0.0122. The van der Waals surface area contributed by atoms with Gasteiger partial charge in [-0.3, -0.25) is 9.98 Å². The van der Waals surface area contributed by atoms with Crippen LogP contribution in [0.15, 0.2) is 54.9 Å². The minimum Gasteiger partial charge on any atom is -0.369 e. The fraction of sp³-hybridized carbons (Fsp3) is 0.143. The van der Waals surface area contributed by atoms with Crippen LogP contribution in [0.2, 0.25) is 0 Å². The average molecular weight is 475 g/mol. The van der Waals surface area contributed by atoms with Crippen molar-refractivity contribution in [2.75, 3.05) is 11.4 Å². The number of aliphatic imine (C=N–C) groups is 1. The predicted octanol–water partition coefficient (Wildman–Crippen LogP) is 4.25. The van der Waals surface area contributed by atoms with E-state index in [1.54, 1.807) is 6.20 Å². The van der Waals surface area contributed by atoms with E-state index in [0.717, 1.165) is 24.8 Å². The molecular formula is C14H11Br3N4. The highest BCUT2D eigenvalue weighted by Gasteiger charge is 2.31. The molecule has 1 aromatic heterocycles. The van der Waals surface area contributed by atoms with E-state index < -0.39 is 0 Å². The van der Waals surface area contributed by atoms with Gasteiger partial charge in [0.2, 0.25) is 0 Å². The molecule has 0 spiro atoms. The van der Waals surface area contributed by atoms with Crippen LogP contribution in [0, 0.1) is 0 Å². The van der Waals surface area contributed by atoms with E-state index in [0.29, 0.717) is 12.5 Å². The number of nitrogens with zero attached hydrogens (tertiary/aromatic N) is 3. The highest BCUT2D eigenvalue weighted by molar-refractivity contribution is 9.11. The van der Waals surface area contributed by atoms with Gasteiger partial charge in [-0.25, -0.2) is 0 Å². The molecule has 3 rings (SSSR count). The molecule has 0 saturated carbocycles. The van der Waals surface area contributed by atoms with Crippen molar-refractivity contribution in [2.24, 2.45) is 10.7 Å². The molecule has 1 atom stereocenters. The largest absolute Gasteiger partial charge is 0.369 e. The number of pyridine rings is 1. The average Bonchev–Trinajstić information content (AvgIpc) is 2.80. The van der Waals surface area contributed by atoms with Crippen LogP contribution in [0.25, 0.3) is 0 Å². The maximum atomic E-state index is 6.08. The number of rotatable bonds is 2. The Kier molecular flexibility index (Phi) is 4.33. The molecule has 1 aromatic carbocycles. The predicted molar refractivity (Wildman–Crippen MR) is 95.5 cm³/mol. The van der Waals surface area contributed by atoms with E-state index in [4.69, 9.17) is 5.73 Å². The van der Waals surface area contributed by atoms with Crippen molar-refractivity contribution in [3.8, 4) is 0 Å². The summed E-state index contributed by atoms with van der Waals surface area (Å²) in [6.07, 6.45) is 1.79. The Labute approximate surface area is 147 Å². The number of halogens is 3. The molecule has 0 radical (unpaired) electrons. The summed E-state index contributed by atoms with van der Waals surface area (Å²) < 4.78 is 2.87. The molecule has 21 heavy (non-hydrogen) atoms. The molecule has 1 unspecified atom stereocenters. The monoisotopic (exact) mass is 472 g/mol. The van der Waals surface area contributed by atoms with Crippen LogP contribution >= 0.6 is 47.8 Å². The molecule has 108 valence electrons. The Balaban J connectivity index is 2.03. The van der Waals surface area contributed by atoms with Crippen molar-refractivity contribution in [3.63, 3.8) is 0 Å². The maximum absolute atomic E-state index is 6.08. The van der Waals surface area contributed by atoms with Gasteiger partial charge in [0.15, 0.2) is 5.96 Å². The third kappa shape index (κ3) is 3.00. The van der Waals surface area contributed by atoms with Gasteiger partial charge in [-0.1, -0.05) is 22.0 Å². The molecule has 1 aliphatic rings. The Morgan fingerprint density at radius 3 is 2.67 bits per heavy atom. The minimum atomic E-state index is -0.0122. The molecule has 0 saturated heterocycles. The van der Waals surface area contributed by atoms with Crippen LogP contribution in [0.5, 0.6) is 0 Å². The number of hydrogen-bond donors (Lipinski definition) is 1. The van der Waals surface area contributed by atoms with Crippen LogP contribution in [0.3, 0.4) is 0 Å². The number of nitrogens with two attached hydrogens (primary N) is 1. The van der Waals surface area contributed by atoms with Crippen LogP contribution in [-0.2, 0) is 0 Å². The molecule has 2 aromatic rings. The van der Waals surface area contributed by atoms with E-state index in [1.165, 1.54) is 0 Å². The molecule has 1 aliphatic heterocycles. The number of anilines is 1. The van der Waals surface area contributed by atoms with E-state index in [9.17, 15) is 0 Å². The lowest BCUT2D eigenvalue weighted by Crippen LogP contribution is -2.36. The van der Waals surface area contributed by atoms with E-state index in [1.807, 2.05) is 35.2 Å². The smallest absolute Gasteiger partial charge is 0.196 e. The van der Waals surface area contributed by atoms with Gasteiger partial charge in [0.1, 0.15) is 0 Å². The molecule has 0 aliphatic carbocycles. The molecule has 4 nitrogen and oxygen atoms in total. The van der Waals surface area contributed by atoms with E-state index >= 15 is 0 Å². The summed E-state index contributed by atoms with van der Waals surface area (Å²) in [4.78, 5) is 10.9. The lowest BCUT2D eigenvalue weighted by molar-refractivity contribution is 0.734. The normalized spacial score (nSPS) is 18.0. The van der Waals surface area contributed by atoms with E-state index in [-0.39, 0.29) is 6.04 Å². The fourth-order valence-electron chi connectivity index (χ4n) is 2.31. The third-order valence-electron chi connectivity index (χ3n) is 3.22. The second kappa shape index (κ2) is 6.06. The van der Waals surface area contributed by atoms with Crippen molar-refractivity contribution in [1.82, 2.24) is 4.98 Å². The number of hydrogen-bond acceptors (Lipinski definition) is 4. The second-order valence-corrected chi connectivity index (χ2v) is 7.27. The summed E-state index contributed by atoms with van der Waals surface area (Å²) in [7, 11) is 0. The van der Waals surface area contributed by atoms with Gasteiger partial charge in [-0.15, -0.1) is 0 Å². The Morgan fingerprint density at radius 2 is 1.95 bits per heavy atom. The summed E-state index contributed by atoms with van der Waals surface area (Å²) in [6.45, 7) is 0.589. The lowest BCUT2D eigenvalue weighted by atomic mass is 10.1. The van der Waals surface area contributed by atoms with Crippen molar-refractivity contribution in [2.45, 2.75) is 6.04 Å². The highest BCUT2D eigenvalue weighted by Crippen LogP contribution is 2.35. The fourth-order valence-corrected chi connectivity index (χ4v) is 3.95. The molecule has 0 fully saturated rings. The first-order valence-electron chi connectivity index (χ1n) is 6.22. The molecule has 7 heteroatoms. The van der Waals surface area contributed by atoms with Crippen molar-refractivity contribution in [3.05, 3.63) is 55.6 Å². The molecule has 2 N–H and O–H groups in total. The van der Waals surface area contributed by atoms with Gasteiger partial charge in [0, 0.05) is 25.3 Å². The van der Waals surface area contributed by atoms with Gasteiger partial charge in [0.25, 0.3) is 0 Å². The summed E-state index contributed by atoms with van der Waals surface area (Å²) in [5.74, 6) is 0.509. The summed E-state index contributed by atoms with van der Waals surface area (Å²) in [5, 5.41) is 0. The molecular weight excluding hydrogens is 464 g/mol. The maximum Gasteiger partial charge on any atom is 0.196 e. The van der Waals surface area contributed by atoms with E-state index in [2.05, 4.69) is 57.8 Å². The van der Waals surface area contributed by atoms with Crippen LogP contribution in [-0.4, -0.2) is 17.5 Å².